The van der Waals surface area contributed by atoms with Crippen LogP contribution in [0.5, 0.6) is 0 Å². The van der Waals surface area contributed by atoms with E-state index >= 15 is 0 Å². The van der Waals surface area contributed by atoms with Gasteiger partial charge in [-0.15, -0.1) is 0 Å². The molecule has 0 saturated carbocycles. The molecule has 1 nitrogen and oxygen atoms in total. The Kier molecular flexibility index (Phi) is 0.844. The quantitative estimate of drug-likeness (QED) is 0.500. The summed E-state index contributed by atoms with van der Waals surface area (Å²) in [5.74, 6) is 0.218. The number of carbonyl (C=O) groups excluding carboxylic acids is 1. The Morgan fingerprint density at radius 1 is 1.62 bits per heavy atom. The van der Waals surface area contributed by atoms with E-state index in [9.17, 15) is 4.79 Å². The van der Waals surface area contributed by atoms with Crippen molar-refractivity contribution in [2.24, 2.45) is 5.41 Å². The van der Waals surface area contributed by atoms with Crippen LogP contribution in [-0.4, -0.2) is 5.78 Å². The second-order valence-corrected chi connectivity index (χ2v) is 2.84. The second-order valence-electron chi connectivity index (χ2n) is 2.84. The smallest absolute Gasteiger partial charge is 0.156 e. The molecule has 0 bridgehead atoms. The van der Waals surface area contributed by atoms with Gasteiger partial charge in [0, 0.05) is 11.0 Å². The van der Waals surface area contributed by atoms with Gasteiger partial charge in [0.2, 0.25) is 0 Å². The van der Waals surface area contributed by atoms with Gasteiger partial charge in [-0.3, -0.25) is 4.79 Å². The molecule has 1 rings (SSSR count). The van der Waals surface area contributed by atoms with Gasteiger partial charge in [-0.25, -0.2) is 0 Å². The van der Waals surface area contributed by atoms with Gasteiger partial charge in [0.25, 0.3) is 0 Å². The minimum absolute atomic E-state index is 0.131. The molecule has 1 aliphatic rings. The third-order valence-electron chi connectivity index (χ3n) is 1.50. The molecule has 44 valence electrons. The first kappa shape index (κ1) is 5.54. The summed E-state index contributed by atoms with van der Waals surface area (Å²) in [6.07, 6.45) is 2.00. The largest absolute Gasteiger partial charge is 0.295 e. The van der Waals surface area contributed by atoms with E-state index in [0.717, 1.165) is 5.57 Å². The minimum atomic E-state index is 0.131. The van der Waals surface area contributed by atoms with E-state index < -0.39 is 0 Å². The zero-order valence-corrected chi connectivity index (χ0v) is 5.49. The zero-order valence-electron chi connectivity index (χ0n) is 5.49. The fourth-order valence-corrected chi connectivity index (χ4v) is 0.880. The first-order valence-electron chi connectivity index (χ1n) is 2.78. The van der Waals surface area contributed by atoms with E-state index in [4.69, 9.17) is 0 Å². The number of hydrogen-bond donors (Lipinski definition) is 0. The third kappa shape index (κ3) is 0.683. The predicted octanol–water partition coefficient (Wildman–Crippen LogP) is 1.54. The van der Waals surface area contributed by atoms with Gasteiger partial charge in [0.1, 0.15) is 0 Å². The third-order valence-corrected chi connectivity index (χ3v) is 1.50. The first-order valence-corrected chi connectivity index (χ1v) is 2.78. The maximum Gasteiger partial charge on any atom is 0.156 e. The summed E-state index contributed by atoms with van der Waals surface area (Å²) in [5.41, 5.74) is 1.11. The average molecular weight is 110 g/mol. The molecule has 1 heteroatoms. The highest BCUT2D eigenvalue weighted by molar-refractivity contribution is 5.99. The molecule has 0 fully saturated rings. The number of carbonyl (C=O) groups is 1. The van der Waals surface area contributed by atoms with Crippen molar-refractivity contribution >= 4 is 5.78 Å². The molecular formula is C7H10O. The van der Waals surface area contributed by atoms with Crippen LogP contribution in [0.4, 0.5) is 0 Å². The molecular weight excluding hydrogens is 100 g/mol. The highest BCUT2D eigenvalue weighted by Gasteiger charge is 2.36. The van der Waals surface area contributed by atoms with Gasteiger partial charge >= 0.3 is 0 Å². The molecule has 0 aliphatic heterocycles. The van der Waals surface area contributed by atoms with Gasteiger partial charge in [0.05, 0.1) is 0 Å². The average Bonchev–Trinajstić information content (AvgIpc) is 2.13. The van der Waals surface area contributed by atoms with Crippen LogP contribution < -0.4 is 0 Å². The van der Waals surface area contributed by atoms with Gasteiger partial charge in [-0.1, -0.05) is 19.9 Å². The summed E-state index contributed by atoms with van der Waals surface area (Å²) >= 11 is 0. The molecule has 0 heterocycles. The minimum Gasteiger partial charge on any atom is -0.295 e. The van der Waals surface area contributed by atoms with Crippen LogP contribution in [0.15, 0.2) is 11.6 Å². The van der Waals surface area contributed by atoms with Crippen molar-refractivity contribution in [3.63, 3.8) is 0 Å². The van der Waals surface area contributed by atoms with E-state index in [1.807, 2.05) is 19.9 Å². The lowest BCUT2D eigenvalue weighted by Gasteiger charge is -1.97. The molecule has 0 aromatic heterocycles. The second kappa shape index (κ2) is 1.22. The van der Waals surface area contributed by atoms with Crippen LogP contribution in [0, 0.1) is 5.41 Å². The summed E-state index contributed by atoms with van der Waals surface area (Å²) in [5, 5.41) is 0. The molecule has 0 aromatic carbocycles. The van der Waals surface area contributed by atoms with Crippen molar-refractivity contribution in [2.75, 3.05) is 0 Å². The highest BCUT2D eigenvalue weighted by atomic mass is 16.1. The van der Waals surface area contributed by atoms with Crippen LogP contribution in [0.2, 0.25) is 0 Å². The Hall–Kier alpha value is -0.590. The Labute approximate surface area is 49.4 Å². The monoisotopic (exact) mass is 110 g/mol. The van der Waals surface area contributed by atoms with Crippen LogP contribution in [-0.2, 0) is 4.79 Å². The van der Waals surface area contributed by atoms with Gasteiger partial charge in [-0.2, -0.15) is 0 Å². The van der Waals surface area contributed by atoms with E-state index in [2.05, 4.69) is 0 Å². The van der Waals surface area contributed by atoms with E-state index in [-0.39, 0.29) is 11.2 Å². The van der Waals surface area contributed by atoms with Crippen molar-refractivity contribution in [1.29, 1.82) is 0 Å². The normalized spacial score (nSPS) is 22.1. The van der Waals surface area contributed by atoms with Crippen LogP contribution in [0.3, 0.4) is 0 Å². The lowest BCUT2D eigenvalue weighted by molar-refractivity contribution is -0.113. The van der Waals surface area contributed by atoms with Crippen LogP contribution >= 0.6 is 0 Å². The first-order chi connectivity index (χ1) is 3.54. The molecule has 0 radical (unpaired) electrons. The van der Waals surface area contributed by atoms with E-state index in [1.165, 1.54) is 0 Å². The lowest BCUT2D eigenvalue weighted by Crippen LogP contribution is -1.96. The molecule has 0 amide bonds. The standard InChI is InChI=1S/C7H10O/c1-5(8)6-4-7(6,2)3/h4H,1-3H3. The molecule has 0 unspecified atom stereocenters. The fourth-order valence-electron chi connectivity index (χ4n) is 0.880. The molecule has 0 saturated heterocycles. The summed E-state index contributed by atoms with van der Waals surface area (Å²) in [6.45, 7) is 5.70. The zero-order chi connectivity index (χ0) is 6.36. The molecule has 1 aliphatic carbocycles. The van der Waals surface area contributed by atoms with E-state index in [1.54, 1.807) is 6.92 Å². The number of rotatable bonds is 1. The van der Waals surface area contributed by atoms with Gasteiger partial charge < -0.3 is 0 Å². The molecule has 0 spiro atoms. The van der Waals surface area contributed by atoms with Crippen molar-refractivity contribution in [3.05, 3.63) is 11.6 Å². The van der Waals surface area contributed by atoms with E-state index in [0.29, 0.717) is 0 Å². The SMILES string of the molecule is CC(=O)C1=CC1(C)C. The molecule has 8 heavy (non-hydrogen) atoms. The molecule has 0 aromatic rings. The number of Topliss-reactive ketones (excluding diaryl/α,β-unsaturated/α-hetero) is 1. The number of hydrogen-bond acceptors (Lipinski definition) is 1. The molecule has 0 atom stereocenters. The Morgan fingerprint density at radius 3 is 2.00 bits per heavy atom. The predicted molar refractivity (Wildman–Crippen MR) is 32.5 cm³/mol. The van der Waals surface area contributed by atoms with Crippen molar-refractivity contribution < 1.29 is 4.79 Å². The topological polar surface area (TPSA) is 17.1 Å². The Balaban J connectivity index is 2.59. The summed E-state index contributed by atoms with van der Waals surface area (Å²) in [6, 6.07) is 0. The fraction of sp³-hybridized carbons (Fsp3) is 0.571. The highest BCUT2D eigenvalue weighted by Crippen LogP contribution is 2.42. The summed E-state index contributed by atoms with van der Waals surface area (Å²) in [4.78, 5) is 10.6. The summed E-state index contributed by atoms with van der Waals surface area (Å²) < 4.78 is 0. The van der Waals surface area contributed by atoms with Crippen LogP contribution in [0.1, 0.15) is 20.8 Å². The van der Waals surface area contributed by atoms with Crippen LogP contribution in [0.25, 0.3) is 0 Å². The van der Waals surface area contributed by atoms with Crippen molar-refractivity contribution in [1.82, 2.24) is 0 Å². The van der Waals surface area contributed by atoms with Gasteiger partial charge in [0.15, 0.2) is 5.78 Å². The van der Waals surface area contributed by atoms with Crippen molar-refractivity contribution in [2.45, 2.75) is 20.8 Å². The maximum absolute atomic E-state index is 10.6. The number of allylic oxidation sites excluding steroid dienone is 2. The Bertz CT molecular complexity index is 163. The lowest BCUT2D eigenvalue weighted by atomic mass is 10.1. The molecule has 0 N–H and O–H groups in total. The summed E-state index contributed by atoms with van der Waals surface area (Å²) in [7, 11) is 0. The van der Waals surface area contributed by atoms with Crippen molar-refractivity contribution in [3.8, 4) is 0 Å². The Morgan fingerprint density at radius 2 is 2.00 bits per heavy atom. The van der Waals surface area contributed by atoms with Gasteiger partial charge in [-0.05, 0) is 6.92 Å². The number of ketones is 1. The maximum atomic E-state index is 10.6.